The molecule has 7 heteroatoms. The Morgan fingerprint density at radius 1 is 1.41 bits per heavy atom. The number of nitrogens with one attached hydrogen (secondary N) is 1. The topological polar surface area (TPSA) is 94.2 Å². The first-order chi connectivity index (χ1) is 14.0. The molecule has 0 spiro atoms. The van der Waals surface area contributed by atoms with Gasteiger partial charge in [-0.15, -0.1) is 0 Å². The maximum atomic E-state index is 10.9. The summed E-state index contributed by atoms with van der Waals surface area (Å²) in [7, 11) is 1.65. The lowest BCUT2D eigenvalue weighted by atomic mass is 9.95. The van der Waals surface area contributed by atoms with Gasteiger partial charge in [-0.1, -0.05) is 49.9 Å². The van der Waals surface area contributed by atoms with E-state index in [1.165, 1.54) is 12.3 Å². The lowest BCUT2D eigenvalue weighted by molar-refractivity contribution is 0.468. The molecule has 29 heavy (non-hydrogen) atoms. The van der Waals surface area contributed by atoms with Crippen LogP contribution in [0, 0.1) is 11.3 Å². The number of nitrogens with zero attached hydrogens (tertiary/aromatic N) is 4. The molecule has 2 aromatic rings. The summed E-state index contributed by atoms with van der Waals surface area (Å²) in [4.78, 5) is 12.7. The molecule has 6 nitrogen and oxygen atoms in total. The highest BCUT2D eigenvalue weighted by Gasteiger charge is 2.24. The van der Waals surface area contributed by atoms with Gasteiger partial charge in [0.05, 0.1) is 22.2 Å². The molecule has 0 bridgehead atoms. The van der Waals surface area contributed by atoms with E-state index in [2.05, 4.69) is 33.4 Å². The molecule has 1 heterocycles. The highest BCUT2D eigenvalue weighted by Crippen LogP contribution is 2.37. The zero-order valence-corrected chi connectivity index (χ0v) is 17.1. The van der Waals surface area contributed by atoms with Crippen LogP contribution in [0.5, 0.6) is 5.75 Å². The summed E-state index contributed by atoms with van der Waals surface area (Å²) in [5.41, 5.74) is 1.96. The first kappa shape index (κ1) is 21.9. The van der Waals surface area contributed by atoms with Crippen LogP contribution < -0.4 is 5.32 Å². The average Bonchev–Trinajstić information content (AvgIpc) is 2.75. The van der Waals surface area contributed by atoms with E-state index in [-0.39, 0.29) is 16.4 Å². The number of amidine groups is 1. The van der Waals surface area contributed by atoms with E-state index >= 15 is 0 Å². The fraction of sp³-hybridized carbons (Fsp3) is 0.182. The average molecular weight is 408 g/mol. The van der Waals surface area contributed by atoms with Crippen molar-refractivity contribution in [1.82, 2.24) is 15.3 Å². The number of nitriles is 1. The first-order valence-electron chi connectivity index (χ1n) is 8.92. The summed E-state index contributed by atoms with van der Waals surface area (Å²) in [6.07, 6.45) is 9.20. The molecule has 148 valence electrons. The second kappa shape index (κ2) is 10.2. The maximum Gasteiger partial charge on any atom is 0.149 e. The minimum atomic E-state index is -0.656. The Morgan fingerprint density at radius 2 is 2.14 bits per heavy atom. The molecule has 1 aromatic heterocycles. The highest BCUT2D eigenvalue weighted by atomic mass is 35.5. The van der Waals surface area contributed by atoms with Crippen LogP contribution in [0.3, 0.4) is 0 Å². The number of phenolic OH excluding ortho intramolecular Hbond substituents is 1. The Hall–Kier alpha value is -3.43. The summed E-state index contributed by atoms with van der Waals surface area (Å²) in [5, 5.41) is 23.5. The molecule has 0 saturated carbocycles. The molecule has 0 radical (unpaired) electrons. The van der Waals surface area contributed by atoms with E-state index in [0.29, 0.717) is 28.0 Å². The molecule has 1 aromatic carbocycles. The minimum absolute atomic E-state index is 0.0468. The van der Waals surface area contributed by atoms with Gasteiger partial charge in [-0.05, 0) is 24.1 Å². The number of rotatable bonds is 7. The Kier molecular flexibility index (Phi) is 7.70. The second-order valence-corrected chi connectivity index (χ2v) is 6.37. The number of fused-ring (bicyclic) bond motifs is 1. The van der Waals surface area contributed by atoms with Gasteiger partial charge in [0.2, 0.25) is 0 Å². The zero-order chi connectivity index (χ0) is 21.4. The number of halogens is 1. The van der Waals surface area contributed by atoms with Crippen molar-refractivity contribution < 1.29 is 5.11 Å². The van der Waals surface area contributed by atoms with Gasteiger partial charge < -0.3 is 10.4 Å². The van der Waals surface area contributed by atoms with Crippen molar-refractivity contribution in [3.8, 4) is 11.8 Å². The summed E-state index contributed by atoms with van der Waals surface area (Å²) in [5.74, 6) is 0.524. The van der Waals surface area contributed by atoms with Gasteiger partial charge in [-0.3, -0.25) is 9.98 Å². The Bertz CT molecular complexity index is 1060. The normalized spacial score (nSPS) is 13.7. The van der Waals surface area contributed by atoms with E-state index in [9.17, 15) is 10.4 Å². The van der Waals surface area contributed by atoms with Crippen LogP contribution in [0.25, 0.3) is 11.0 Å². The zero-order valence-electron chi connectivity index (χ0n) is 16.4. The van der Waals surface area contributed by atoms with Crippen LogP contribution in [-0.4, -0.2) is 28.0 Å². The third-order valence-electron chi connectivity index (χ3n) is 4.18. The van der Waals surface area contributed by atoms with Gasteiger partial charge in [0, 0.05) is 25.0 Å². The number of hydrogen-bond acceptors (Lipinski definition) is 5. The summed E-state index contributed by atoms with van der Waals surface area (Å²) in [6.45, 7) is 9.53. The van der Waals surface area contributed by atoms with Crippen molar-refractivity contribution in [1.29, 1.82) is 5.26 Å². The molecule has 0 amide bonds. The van der Waals surface area contributed by atoms with Crippen molar-refractivity contribution in [2.75, 3.05) is 7.05 Å². The third-order valence-corrected chi connectivity index (χ3v) is 4.63. The maximum absolute atomic E-state index is 10.9. The largest absolute Gasteiger partial charge is 0.505 e. The third kappa shape index (κ3) is 4.89. The molecule has 1 unspecified atom stereocenters. The van der Waals surface area contributed by atoms with Crippen LogP contribution in [-0.2, 0) is 0 Å². The van der Waals surface area contributed by atoms with Gasteiger partial charge in [0.15, 0.2) is 0 Å². The predicted octanol–water partition coefficient (Wildman–Crippen LogP) is 4.72. The smallest absolute Gasteiger partial charge is 0.149 e. The molecule has 0 fully saturated rings. The molecular formula is C22H22ClN5O. The van der Waals surface area contributed by atoms with Crippen LogP contribution in [0.15, 0.2) is 77.1 Å². The molecule has 1 atom stereocenters. The van der Waals surface area contributed by atoms with Crippen molar-refractivity contribution in [3.63, 3.8) is 0 Å². The number of benzene rings is 1. The van der Waals surface area contributed by atoms with Gasteiger partial charge >= 0.3 is 0 Å². The molecule has 0 saturated heterocycles. The van der Waals surface area contributed by atoms with Gasteiger partial charge in [-0.2, -0.15) is 5.26 Å². The molecule has 2 rings (SSSR count). The minimum Gasteiger partial charge on any atom is -0.505 e. The van der Waals surface area contributed by atoms with Crippen LogP contribution >= 0.6 is 11.6 Å². The van der Waals surface area contributed by atoms with Crippen molar-refractivity contribution >= 4 is 28.5 Å². The summed E-state index contributed by atoms with van der Waals surface area (Å²) >= 11 is 6.42. The van der Waals surface area contributed by atoms with Gasteiger partial charge in [0.25, 0.3) is 0 Å². The van der Waals surface area contributed by atoms with E-state index in [0.717, 1.165) is 6.42 Å². The second-order valence-electron chi connectivity index (χ2n) is 5.99. The Labute approximate surface area is 175 Å². The van der Waals surface area contributed by atoms with Crippen molar-refractivity contribution in [3.05, 3.63) is 77.7 Å². The van der Waals surface area contributed by atoms with Gasteiger partial charge in [0.1, 0.15) is 23.2 Å². The molecule has 0 aliphatic carbocycles. The highest BCUT2D eigenvalue weighted by molar-refractivity contribution is 6.33. The van der Waals surface area contributed by atoms with Crippen molar-refractivity contribution in [2.45, 2.75) is 19.4 Å². The van der Waals surface area contributed by atoms with Gasteiger partial charge in [-0.25, -0.2) is 4.98 Å². The molecular weight excluding hydrogens is 386 g/mol. The fourth-order valence-corrected chi connectivity index (χ4v) is 2.94. The SMILES string of the molecule is C=C/C(=C(/Cl)C(=C)C#N)C(NC(/C=C\CC)=NC)c1ccc2nccnc2c1O. The molecule has 0 aliphatic heterocycles. The van der Waals surface area contributed by atoms with Crippen LogP contribution in [0.2, 0.25) is 0 Å². The van der Waals surface area contributed by atoms with Crippen LogP contribution in [0.4, 0.5) is 0 Å². The quantitative estimate of drug-likeness (QED) is 0.300. The monoisotopic (exact) mass is 407 g/mol. The summed E-state index contributed by atoms with van der Waals surface area (Å²) < 4.78 is 0. The number of aliphatic imine (C=N–C) groups is 1. The Balaban J connectivity index is 2.72. The van der Waals surface area contributed by atoms with E-state index in [4.69, 9.17) is 11.6 Å². The Morgan fingerprint density at radius 3 is 2.76 bits per heavy atom. The van der Waals surface area contributed by atoms with E-state index in [1.54, 1.807) is 25.4 Å². The van der Waals surface area contributed by atoms with E-state index < -0.39 is 6.04 Å². The van der Waals surface area contributed by atoms with Crippen molar-refractivity contribution in [2.24, 2.45) is 4.99 Å². The lowest BCUT2D eigenvalue weighted by Gasteiger charge is -2.24. The number of aromatic nitrogens is 2. The number of aromatic hydroxyl groups is 1. The predicted molar refractivity (Wildman–Crippen MR) is 118 cm³/mol. The molecule has 0 aliphatic rings. The number of allylic oxidation sites excluding steroid dienone is 3. The first-order valence-corrected chi connectivity index (χ1v) is 9.30. The van der Waals surface area contributed by atoms with E-state index in [1.807, 2.05) is 25.1 Å². The summed E-state index contributed by atoms with van der Waals surface area (Å²) in [6, 6.07) is 4.77. The molecule has 2 N–H and O–H groups in total. The lowest BCUT2D eigenvalue weighted by Crippen LogP contribution is -2.29. The van der Waals surface area contributed by atoms with Crippen LogP contribution in [0.1, 0.15) is 24.9 Å². The fourth-order valence-electron chi connectivity index (χ4n) is 2.72. The standard InChI is InChI=1S/C22H22ClN5O/c1-5-7-8-18(25-4)28-20(15(6-2)19(23)14(3)13-24)16-9-10-17-21(22(16)29)27-12-11-26-17/h6-12,20,29H,2-3,5H2,1,4H3,(H,25,28)/b8-7-,19-15-. The number of phenols is 1. The number of hydrogen-bond donors (Lipinski definition) is 2.